The average Bonchev–Trinajstić information content (AvgIpc) is 3.13. The van der Waals surface area contributed by atoms with Crippen LogP contribution >= 0.6 is 0 Å². The molecule has 1 fully saturated rings. The predicted octanol–water partition coefficient (Wildman–Crippen LogP) is 3.11. The smallest absolute Gasteiger partial charge is 0.222 e. The molecule has 2 aromatic carbocycles. The lowest BCUT2D eigenvalue weighted by Gasteiger charge is -2.16. The Bertz CT molecular complexity index is 788. The molecular weight excluding hydrogens is 348 g/mol. The lowest BCUT2D eigenvalue weighted by Crippen LogP contribution is -2.37. The summed E-state index contributed by atoms with van der Waals surface area (Å²) in [7, 11) is 1.79. The molecule has 0 aromatic heterocycles. The minimum absolute atomic E-state index is 0.267. The van der Waals surface area contributed by atoms with Gasteiger partial charge in [0.2, 0.25) is 5.91 Å². The summed E-state index contributed by atoms with van der Waals surface area (Å²) in [6.07, 6.45) is 3.78. The Balaban J connectivity index is 1.42. The summed E-state index contributed by atoms with van der Waals surface area (Å²) in [5.74, 6) is 1.08. The molecule has 2 N–H and O–H groups in total. The van der Waals surface area contributed by atoms with Crippen molar-refractivity contribution in [3.63, 3.8) is 0 Å². The molecule has 0 aliphatic carbocycles. The monoisotopic (exact) mass is 378 g/mol. The Kier molecular flexibility index (Phi) is 7.47. The minimum atomic E-state index is 0.267. The van der Waals surface area contributed by atoms with Gasteiger partial charge in [-0.3, -0.25) is 9.79 Å². The van der Waals surface area contributed by atoms with E-state index in [0.29, 0.717) is 19.5 Å². The average molecular weight is 379 g/mol. The standard InChI is InChI=1S/C23H30N4O/c1-24-23(25-14-6-12-19-8-3-2-4-9-19)26-17-20-10-5-11-21(16-20)18-27-15-7-13-22(27)28/h2-5,8-11,16H,6-7,12-15,17-18H2,1H3,(H2,24,25,26). The molecule has 5 heteroatoms. The number of nitrogens with zero attached hydrogens (tertiary/aromatic N) is 2. The maximum Gasteiger partial charge on any atom is 0.222 e. The Morgan fingerprint density at radius 1 is 1.04 bits per heavy atom. The molecule has 1 saturated heterocycles. The second-order valence-corrected chi connectivity index (χ2v) is 7.18. The summed E-state index contributed by atoms with van der Waals surface area (Å²) in [6, 6.07) is 19.0. The number of nitrogens with one attached hydrogen (secondary N) is 2. The van der Waals surface area contributed by atoms with Crippen molar-refractivity contribution in [3.05, 3.63) is 71.3 Å². The van der Waals surface area contributed by atoms with Gasteiger partial charge in [0.05, 0.1) is 0 Å². The molecule has 5 nitrogen and oxygen atoms in total. The first kappa shape index (κ1) is 19.9. The van der Waals surface area contributed by atoms with Crippen LogP contribution in [0.2, 0.25) is 0 Å². The topological polar surface area (TPSA) is 56.7 Å². The Morgan fingerprint density at radius 3 is 2.57 bits per heavy atom. The Labute approximate surface area is 167 Å². The van der Waals surface area contributed by atoms with E-state index in [1.807, 2.05) is 11.0 Å². The second kappa shape index (κ2) is 10.5. The highest BCUT2D eigenvalue weighted by Crippen LogP contribution is 2.15. The third-order valence-corrected chi connectivity index (χ3v) is 5.00. The normalized spacial score (nSPS) is 14.4. The number of carbonyl (C=O) groups excluding carboxylic acids is 1. The number of aliphatic imine (C=N–C) groups is 1. The van der Waals surface area contributed by atoms with Gasteiger partial charge in [0.15, 0.2) is 5.96 Å². The third-order valence-electron chi connectivity index (χ3n) is 5.00. The van der Waals surface area contributed by atoms with E-state index in [0.717, 1.165) is 38.3 Å². The van der Waals surface area contributed by atoms with Crippen LogP contribution in [0, 0.1) is 0 Å². The van der Waals surface area contributed by atoms with E-state index < -0.39 is 0 Å². The van der Waals surface area contributed by atoms with Crippen LogP contribution in [0.3, 0.4) is 0 Å². The SMILES string of the molecule is CN=C(NCCCc1ccccc1)NCc1cccc(CN2CCCC2=O)c1. The quantitative estimate of drug-likeness (QED) is 0.422. The molecule has 1 aliphatic rings. The number of hydrogen-bond donors (Lipinski definition) is 2. The van der Waals surface area contributed by atoms with Crippen LogP contribution in [0.25, 0.3) is 0 Å². The van der Waals surface area contributed by atoms with Gasteiger partial charge in [0.1, 0.15) is 0 Å². The largest absolute Gasteiger partial charge is 0.356 e. The van der Waals surface area contributed by atoms with Gasteiger partial charge in [-0.15, -0.1) is 0 Å². The van der Waals surface area contributed by atoms with E-state index >= 15 is 0 Å². The zero-order chi connectivity index (χ0) is 19.6. The molecule has 0 spiro atoms. The zero-order valence-electron chi connectivity index (χ0n) is 16.7. The molecule has 2 aromatic rings. The maximum atomic E-state index is 11.8. The number of amides is 1. The van der Waals surface area contributed by atoms with Crippen LogP contribution in [-0.2, 0) is 24.3 Å². The van der Waals surface area contributed by atoms with Crippen molar-refractivity contribution in [2.75, 3.05) is 20.1 Å². The summed E-state index contributed by atoms with van der Waals surface area (Å²) in [5, 5.41) is 6.75. The molecular formula is C23H30N4O. The van der Waals surface area contributed by atoms with Crippen molar-refractivity contribution in [3.8, 4) is 0 Å². The predicted molar refractivity (Wildman–Crippen MR) is 114 cm³/mol. The first-order valence-corrected chi connectivity index (χ1v) is 10.1. The van der Waals surface area contributed by atoms with Gasteiger partial charge < -0.3 is 15.5 Å². The van der Waals surface area contributed by atoms with E-state index in [4.69, 9.17) is 0 Å². The molecule has 1 aliphatic heterocycles. The van der Waals surface area contributed by atoms with Gasteiger partial charge in [-0.05, 0) is 36.0 Å². The molecule has 0 bridgehead atoms. The van der Waals surface area contributed by atoms with Crippen LogP contribution in [-0.4, -0.2) is 36.9 Å². The molecule has 28 heavy (non-hydrogen) atoms. The summed E-state index contributed by atoms with van der Waals surface area (Å²) >= 11 is 0. The van der Waals surface area contributed by atoms with Crippen LogP contribution < -0.4 is 10.6 Å². The first-order valence-electron chi connectivity index (χ1n) is 10.1. The fourth-order valence-electron chi connectivity index (χ4n) is 3.48. The number of hydrogen-bond acceptors (Lipinski definition) is 2. The zero-order valence-corrected chi connectivity index (χ0v) is 16.7. The third kappa shape index (κ3) is 6.12. The van der Waals surface area contributed by atoms with Gasteiger partial charge in [0.25, 0.3) is 0 Å². The van der Waals surface area contributed by atoms with Gasteiger partial charge in [-0.2, -0.15) is 0 Å². The fraction of sp³-hybridized carbons (Fsp3) is 0.391. The maximum absolute atomic E-state index is 11.8. The second-order valence-electron chi connectivity index (χ2n) is 7.18. The molecule has 1 heterocycles. The van der Waals surface area contributed by atoms with Gasteiger partial charge in [0, 0.05) is 39.6 Å². The number of carbonyl (C=O) groups is 1. The number of likely N-dealkylation sites (tertiary alicyclic amines) is 1. The van der Waals surface area contributed by atoms with Gasteiger partial charge in [-0.25, -0.2) is 0 Å². The van der Waals surface area contributed by atoms with Crippen molar-refractivity contribution in [1.82, 2.24) is 15.5 Å². The van der Waals surface area contributed by atoms with Gasteiger partial charge >= 0.3 is 0 Å². The summed E-state index contributed by atoms with van der Waals surface area (Å²) in [4.78, 5) is 18.1. The van der Waals surface area contributed by atoms with Crippen LogP contribution in [0.5, 0.6) is 0 Å². The van der Waals surface area contributed by atoms with E-state index in [-0.39, 0.29) is 5.91 Å². The van der Waals surface area contributed by atoms with Crippen LogP contribution in [0.4, 0.5) is 0 Å². The summed E-state index contributed by atoms with van der Waals surface area (Å²) in [6.45, 7) is 3.17. The van der Waals surface area contributed by atoms with Gasteiger partial charge in [-0.1, -0.05) is 54.6 Å². The number of guanidine groups is 1. The van der Waals surface area contributed by atoms with E-state index in [1.165, 1.54) is 16.7 Å². The van der Waals surface area contributed by atoms with Crippen molar-refractivity contribution < 1.29 is 4.79 Å². The Morgan fingerprint density at radius 2 is 1.82 bits per heavy atom. The molecule has 3 rings (SSSR count). The van der Waals surface area contributed by atoms with Crippen molar-refractivity contribution in [2.45, 2.75) is 38.8 Å². The van der Waals surface area contributed by atoms with E-state index in [1.54, 1.807) is 7.05 Å². The fourth-order valence-corrected chi connectivity index (χ4v) is 3.48. The molecule has 0 saturated carbocycles. The Hall–Kier alpha value is -2.82. The molecule has 148 valence electrons. The van der Waals surface area contributed by atoms with Crippen molar-refractivity contribution in [2.24, 2.45) is 4.99 Å². The van der Waals surface area contributed by atoms with E-state index in [9.17, 15) is 4.79 Å². The summed E-state index contributed by atoms with van der Waals surface area (Å²) in [5.41, 5.74) is 3.73. The van der Waals surface area contributed by atoms with E-state index in [2.05, 4.69) is 64.2 Å². The van der Waals surface area contributed by atoms with Crippen molar-refractivity contribution >= 4 is 11.9 Å². The minimum Gasteiger partial charge on any atom is -0.356 e. The molecule has 1 amide bonds. The molecule has 0 atom stereocenters. The highest BCUT2D eigenvalue weighted by Gasteiger charge is 2.19. The number of rotatable bonds is 8. The molecule has 0 unspecified atom stereocenters. The lowest BCUT2D eigenvalue weighted by atomic mass is 10.1. The first-order chi connectivity index (χ1) is 13.7. The molecule has 0 radical (unpaired) electrons. The lowest BCUT2D eigenvalue weighted by molar-refractivity contribution is -0.128. The highest BCUT2D eigenvalue weighted by molar-refractivity contribution is 5.79. The van der Waals surface area contributed by atoms with Crippen LogP contribution in [0.1, 0.15) is 36.0 Å². The number of aryl methyl sites for hydroxylation is 1. The summed E-state index contributed by atoms with van der Waals surface area (Å²) < 4.78 is 0. The highest BCUT2D eigenvalue weighted by atomic mass is 16.2. The van der Waals surface area contributed by atoms with Crippen LogP contribution in [0.15, 0.2) is 59.6 Å². The number of benzene rings is 2. The van der Waals surface area contributed by atoms with Crippen molar-refractivity contribution in [1.29, 1.82) is 0 Å².